The molecule has 0 radical (unpaired) electrons. The van der Waals surface area contributed by atoms with Gasteiger partial charge in [0.05, 0.1) is 10.2 Å². The predicted octanol–water partition coefficient (Wildman–Crippen LogP) is 8.92. The van der Waals surface area contributed by atoms with Gasteiger partial charge in [-0.05, 0) is 51.3 Å². The average molecular weight is 374 g/mol. The molecule has 26 heavy (non-hydrogen) atoms. The standard InChI is InChI=1S/C18H21NS.3C2H6/c1-11(2)9-12(3)10-15(6)18-19-16-13(4)7-8-14(5)17(16)20-18;3*1-2/h7-10H,1H2,2-6H3;3*1-2H3/b12-9-,15-10+;;;. The number of allylic oxidation sites excluding steroid dienone is 5. The minimum Gasteiger partial charge on any atom is -0.236 e. The zero-order valence-corrected chi connectivity index (χ0v) is 19.7. The second kappa shape index (κ2) is 14.5. The van der Waals surface area contributed by atoms with Crippen molar-refractivity contribution >= 4 is 27.1 Å². The molecule has 0 amide bonds. The fraction of sp³-hybridized carbons (Fsp3) is 0.458. The summed E-state index contributed by atoms with van der Waals surface area (Å²) < 4.78 is 1.30. The number of hydrogen-bond donors (Lipinski definition) is 0. The minimum absolute atomic E-state index is 1.07. The van der Waals surface area contributed by atoms with Crippen LogP contribution in [0.5, 0.6) is 0 Å². The third-order valence-electron chi connectivity index (χ3n) is 3.20. The maximum atomic E-state index is 4.81. The summed E-state index contributed by atoms with van der Waals surface area (Å²) in [5.41, 5.74) is 7.18. The minimum atomic E-state index is 1.07. The highest BCUT2D eigenvalue weighted by Gasteiger charge is 2.09. The van der Waals surface area contributed by atoms with Crippen molar-refractivity contribution in [3.8, 4) is 0 Å². The Balaban J connectivity index is 0. The fourth-order valence-corrected chi connectivity index (χ4v) is 3.34. The van der Waals surface area contributed by atoms with E-state index in [1.807, 2.05) is 48.5 Å². The molecule has 0 aliphatic heterocycles. The molecule has 0 saturated heterocycles. The second-order valence-corrected chi connectivity index (χ2v) is 6.46. The number of fused-ring (bicyclic) bond motifs is 1. The smallest absolute Gasteiger partial charge is 0.120 e. The van der Waals surface area contributed by atoms with Crippen molar-refractivity contribution < 1.29 is 0 Å². The SMILES string of the molecule is C=C(C)/C=C(C)\C=C(/C)c1nc2c(C)ccc(C)c2s1.CC.CC.CC. The average Bonchev–Trinajstić information content (AvgIpc) is 3.10. The fourth-order valence-electron chi connectivity index (χ4n) is 2.26. The van der Waals surface area contributed by atoms with Crippen LogP contribution in [0.25, 0.3) is 15.8 Å². The lowest BCUT2D eigenvalue weighted by Crippen LogP contribution is -1.81. The van der Waals surface area contributed by atoms with E-state index in [9.17, 15) is 0 Å². The number of benzene rings is 1. The molecular formula is C24H39NS. The number of nitrogens with zero attached hydrogens (tertiary/aromatic N) is 1. The molecule has 2 heteroatoms. The lowest BCUT2D eigenvalue weighted by Gasteiger charge is -1.97. The lowest BCUT2D eigenvalue weighted by molar-refractivity contribution is 1.36. The number of hydrogen-bond acceptors (Lipinski definition) is 2. The summed E-state index contributed by atoms with van der Waals surface area (Å²) in [6, 6.07) is 4.32. The van der Waals surface area contributed by atoms with Gasteiger partial charge in [0.1, 0.15) is 5.01 Å². The first-order valence-electron chi connectivity index (χ1n) is 9.77. The van der Waals surface area contributed by atoms with E-state index in [1.165, 1.54) is 27.0 Å². The molecule has 0 unspecified atom stereocenters. The Kier molecular flexibility index (Phi) is 14.8. The van der Waals surface area contributed by atoms with Crippen LogP contribution >= 0.6 is 11.3 Å². The van der Waals surface area contributed by atoms with Crippen LogP contribution in [0.3, 0.4) is 0 Å². The summed E-state index contributed by atoms with van der Waals surface area (Å²) in [7, 11) is 0. The largest absolute Gasteiger partial charge is 0.236 e. The van der Waals surface area contributed by atoms with E-state index in [0.717, 1.165) is 16.1 Å². The Morgan fingerprint density at radius 2 is 1.38 bits per heavy atom. The van der Waals surface area contributed by atoms with Crippen LogP contribution in [-0.2, 0) is 0 Å². The third-order valence-corrected chi connectivity index (χ3v) is 4.52. The van der Waals surface area contributed by atoms with Gasteiger partial charge in [-0.2, -0.15) is 0 Å². The Morgan fingerprint density at radius 3 is 1.85 bits per heavy atom. The van der Waals surface area contributed by atoms with E-state index in [-0.39, 0.29) is 0 Å². The van der Waals surface area contributed by atoms with Gasteiger partial charge in [-0.1, -0.05) is 83.6 Å². The van der Waals surface area contributed by atoms with Crippen molar-refractivity contribution in [3.05, 3.63) is 58.1 Å². The summed E-state index contributed by atoms with van der Waals surface area (Å²) in [5.74, 6) is 0. The van der Waals surface area contributed by atoms with Crippen LogP contribution < -0.4 is 0 Å². The Bertz CT molecular complexity index is 691. The van der Waals surface area contributed by atoms with Crippen molar-refractivity contribution in [2.45, 2.75) is 76.2 Å². The molecule has 0 aliphatic rings. The van der Waals surface area contributed by atoms with Gasteiger partial charge in [0, 0.05) is 0 Å². The van der Waals surface area contributed by atoms with Gasteiger partial charge in [0.2, 0.25) is 0 Å². The van der Waals surface area contributed by atoms with Crippen molar-refractivity contribution in [2.24, 2.45) is 0 Å². The Morgan fingerprint density at radius 1 is 0.885 bits per heavy atom. The molecular weight excluding hydrogens is 334 g/mol. The van der Waals surface area contributed by atoms with Gasteiger partial charge in [-0.3, -0.25) is 0 Å². The van der Waals surface area contributed by atoms with Gasteiger partial charge in [0.15, 0.2) is 0 Å². The number of aromatic nitrogens is 1. The first-order valence-corrected chi connectivity index (χ1v) is 10.6. The monoisotopic (exact) mass is 373 g/mol. The van der Waals surface area contributed by atoms with E-state index in [0.29, 0.717) is 0 Å². The summed E-state index contributed by atoms with van der Waals surface area (Å²) in [4.78, 5) is 4.81. The molecule has 0 bridgehead atoms. The molecule has 1 heterocycles. The molecule has 0 spiro atoms. The summed E-state index contributed by atoms with van der Waals surface area (Å²) in [6.07, 6.45) is 4.27. The highest BCUT2D eigenvalue weighted by atomic mass is 32.1. The van der Waals surface area contributed by atoms with Gasteiger partial charge in [0.25, 0.3) is 0 Å². The van der Waals surface area contributed by atoms with Gasteiger partial charge in [-0.25, -0.2) is 4.98 Å². The molecule has 1 aromatic heterocycles. The van der Waals surface area contributed by atoms with Gasteiger partial charge < -0.3 is 0 Å². The lowest BCUT2D eigenvalue weighted by atomic mass is 10.1. The molecule has 1 aromatic carbocycles. The Labute approximate surface area is 166 Å². The molecule has 146 valence electrons. The van der Waals surface area contributed by atoms with Crippen molar-refractivity contribution in [3.63, 3.8) is 0 Å². The number of aryl methyl sites for hydroxylation is 2. The first-order chi connectivity index (χ1) is 12.4. The predicted molar refractivity (Wildman–Crippen MR) is 125 cm³/mol. The molecule has 0 N–H and O–H groups in total. The van der Waals surface area contributed by atoms with Crippen LogP contribution in [0.2, 0.25) is 0 Å². The first kappa shape index (κ1) is 26.6. The van der Waals surface area contributed by atoms with Crippen molar-refractivity contribution in [2.75, 3.05) is 0 Å². The van der Waals surface area contributed by atoms with E-state index < -0.39 is 0 Å². The number of thiazole rings is 1. The molecule has 2 aromatic rings. The molecule has 2 rings (SSSR count). The van der Waals surface area contributed by atoms with Crippen LogP contribution in [-0.4, -0.2) is 4.98 Å². The quantitative estimate of drug-likeness (QED) is 0.489. The highest BCUT2D eigenvalue weighted by Crippen LogP contribution is 2.31. The van der Waals surface area contributed by atoms with E-state index in [2.05, 4.69) is 58.6 Å². The van der Waals surface area contributed by atoms with Crippen molar-refractivity contribution in [1.82, 2.24) is 4.98 Å². The summed E-state index contributed by atoms with van der Waals surface area (Å²) in [5, 5.41) is 1.10. The Hall–Kier alpha value is -1.67. The zero-order chi connectivity index (χ0) is 20.9. The second-order valence-electron chi connectivity index (χ2n) is 5.46. The normalized spacial score (nSPS) is 10.7. The maximum Gasteiger partial charge on any atom is 0.120 e. The third kappa shape index (κ3) is 8.14. The van der Waals surface area contributed by atoms with E-state index >= 15 is 0 Å². The molecule has 0 saturated carbocycles. The van der Waals surface area contributed by atoms with Crippen LogP contribution in [0.1, 0.15) is 78.4 Å². The zero-order valence-electron chi connectivity index (χ0n) is 18.9. The topological polar surface area (TPSA) is 12.9 Å². The van der Waals surface area contributed by atoms with Crippen molar-refractivity contribution in [1.29, 1.82) is 0 Å². The van der Waals surface area contributed by atoms with Gasteiger partial charge in [-0.15, -0.1) is 11.3 Å². The summed E-state index contributed by atoms with van der Waals surface area (Å²) in [6.45, 7) is 26.4. The van der Waals surface area contributed by atoms with E-state index in [4.69, 9.17) is 4.98 Å². The molecule has 0 atom stereocenters. The van der Waals surface area contributed by atoms with Crippen LogP contribution in [0.4, 0.5) is 0 Å². The summed E-state index contributed by atoms with van der Waals surface area (Å²) >= 11 is 1.78. The molecule has 0 aliphatic carbocycles. The van der Waals surface area contributed by atoms with Crippen LogP contribution in [0, 0.1) is 13.8 Å². The molecule has 0 fully saturated rings. The number of rotatable bonds is 3. The van der Waals surface area contributed by atoms with Gasteiger partial charge >= 0.3 is 0 Å². The van der Waals surface area contributed by atoms with E-state index in [1.54, 1.807) is 11.3 Å². The van der Waals surface area contributed by atoms with Crippen LogP contribution in [0.15, 0.2) is 42.0 Å². The maximum absolute atomic E-state index is 4.81. The highest BCUT2D eigenvalue weighted by molar-refractivity contribution is 7.19. The molecule has 1 nitrogen and oxygen atoms in total.